The van der Waals surface area contributed by atoms with Crippen LogP contribution in [0.25, 0.3) is 11.2 Å². The van der Waals surface area contributed by atoms with Gasteiger partial charge in [0.2, 0.25) is 0 Å². The number of pyridine rings is 1. The zero-order valence-corrected chi connectivity index (χ0v) is 14.4. The molecule has 5 nitrogen and oxygen atoms in total. The normalized spacial score (nSPS) is 23.5. The maximum Gasteiger partial charge on any atom is 0.411 e. The molecule has 24 heavy (non-hydrogen) atoms. The number of ether oxygens (including phenoxy) is 1. The van der Waals surface area contributed by atoms with Gasteiger partial charge in [-0.05, 0) is 57.7 Å². The van der Waals surface area contributed by atoms with Crippen molar-refractivity contribution >= 4 is 17.3 Å². The van der Waals surface area contributed by atoms with Crippen LogP contribution in [0.3, 0.4) is 0 Å². The SMILES string of the molecule is CC(C)(C)OC(=O)N1C2C=C(c3cccc4nccn34)CC1CC2. The highest BCUT2D eigenvalue weighted by molar-refractivity contribution is 5.75. The van der Waals surface area contributed by atoms with E-state index in [1.807, 2.05) is 50.2 Å². The second kappa shape index (κ2) is 5.36. The Morgan fingerprint density at radius 1 is 1.29 bits per heavy atom. The highest BCUT2D eigenvalue weighted by Gasteiger charge is 2.41. The summed E-state index contributed by atoms with van der Waals surface area (Å²) < 4.78 is 7.72. The molecule has 0 radical (unpaired) electrons. The fraction of sp³-hybridized carbons (Fsp3) is 0.474. The minimum Gasteiger partial charge on any atom is -0.444 e. The molecular formula is C19H23N3O2. The van der Waals surface area contributed by atoms with Gasteiger partial charge in [-0.1, -0.05) is 12.1 Å². The van der Waals surface area contributed by atoms with Crippen LogP contribution in [0, 0.1) is 0 Å². The third kappa shape index (κ3) is 2.58. The van der Waals surface area contributed by atoms with Crippen molar-refractivity contribution in [1.82, 2.24) is 14.3 Å². The molecule has 0 aliphatic carbocycles. The number of nitrogens with zero attached hydrogens (tertiary/aromatic N) is 3. The van der Waals surface area contributed by atoms with E-state index in [1.54, 1.807) is 0 Å². The van der Waals surface area contributed by atoms with Crippen molar-refractivity contribution in [2.24, 2.45) is 0 Å². The van der Waals surface area contributed by atoms with Crippen molar-refractivity contribution < 1.29 is 9.53 Å². The topological polar surface area (TPSA) is 46.8 Å². The minimum absolute atomic E-state index is 0.132. The molecule has 1 amide bonds. The Balaban J connectivity index is 1.65. The lowest BCUT2D eigenvalue weighted by atomic mass is 9.98. The van der Waals surface area contributed by atoms with E-state index in [0.717, 1.165) is 24.9 Å². The fourth-order valence-corrected chi connectivity index (χ4v) is 3.83. The van der Waals surface area contributed by atoms with Crippen LogP contribution in [0.2, 0.25) is 0 Å². The first kappa shape index (κ1) is 15.2. The van der Waals surface area contributed by atoms with E-state index in [2.05, 4.69) is 21.5 Å². The largest absolute Gasteiger partial charge is 0.444 e. The van der Waals surface area contributed by atoms with Gasteiger partial charge in [-0.25, -0.2) is 9.78 Å². The Kier molecular flexibility index (Phi) is 3.41. The average molecular weight is 325 g/mol. The van der Waals surface area contributed by atoms with E-state index >= 15 is 0 Å². The van der Waals surface area contributed by atoms with E-state index in [0.29, 0.717) is 0 Å². The zero-order chi connectivity index (χ0) is 16.9. The summed E-state index contributed by atoms with van der Waals surface area (Å²) in [4.78, 5) is 18.8. The summed E-state index contributed by atoms with van der Waals surface area (Å²) in [7, 11) is 0. The molecule has 0 saturated carbocycles. The first-order valence-corrected chi connectivity index (χ1v) is 8.57. The average Bonchev–Trinajstić information content (AvgIpc) is 3.07. The molecule has 2 unspecified atom stereocenters. The third-order valence-corrected chi connectivity index (χ3v) is 4.76. The Bertz CT molecular complexity index is 815. The Hall–Kier alpha value is -2.30. The molecule has 1 saturated heterocycles. The predicted octanol–water partition coefficient (Wildman–Crippen LogP) is 3.89. The van der Waals surface area contributed by atoms with Crippen LogP contribution < -0.4 is 0 Å². The van der Waals surface area contributed by atoms with Crippen molar-refractivity contribution in [1.29, 1.82) is 0 Å². The quantitative estimate of drug-likeness (QED) is 0.799. The number of carbonyl (C=O) groups is 1. The number of imidazole rings is 1. The highest BCUT2D eigenvalue weighted by Crippen LogP contribution is 2.39. The number of carbonyl (C=O) groups excluding carboxylic acids is 1. The monoisotopic (exact) mass is 325 g/mol. The van der Waals surface area contributed by atoms with E-state index in [-0.39, 0.29) is 18.2 Å². The van der Waals surface area contributed by atoms with Crippen LogP contribution in [-0.4, -0.2) is 38.1 Å². The molecule has 2 atom stereocenters. The van der Waals surface area contributed by atoms with Crippen LogP contribution >= 0.6 is 0 Å². The number of amides is 1. The van der Waals surface area contributed by atoms with Crippen LogP contribution in [0.1, 0.15) is 45.7 Å². The van der Waals surface area contributed by atoms with Crippen molar-refractivity contribution in [2.75, 3.05) is 0 Å². The van der Waals surface area contributed by atoms with Crippen molar-refractivity contribution in [3.63, 3.8) is 0 Å². The Morgan fingerprint density at radius 3 is 2.88 bits per heavy atom. The van der Waals surface area contributed by atoms with E-state index < -0.39 is 5.60 Å². The van der Waals surface area contributed by atoms with Crippen LogP contribution in [-0.2, 0) is 4.74 Å². The molecule has 5 heteroatoms. The molecule has 2 aliphatic rings. The number of hydrogen-bond donors (Lipinski definition) is 0. The standard InChI is InChI=1S/C19H23N3O2/c1-19(2,3)24-18(23)22-14-7-8-15(22)12-13(11-14)16-5-4-6-17-20-9-10-21(16)17/h4-6,9-11,14-15H,7-8,12H2,1-3H3. The molecular weight excluding hydrogens is 302 g/mol. The maximum absolute atomic E-state index is 12.5. The third-order valence-electron chi connectivity index (χ3n) is 4.76. The number of aromatic nitrogens is 2. The number of hydrogen-bond acceptors (Lipinski definition) is 3. The van der Waals surface area contributed by atoms with Gasteiger partial charge in [0.25, 0.3) is 0 Å². The summed E-state index contributed by atoms with van der Waals surface area (Å²) in [5.74, 6) is 0. The van der Waals surface area contributed by atoms with Gasteiger partial charge in [-0.15, -0.1) is 0 Å². The summed E-state index contributed by atoms with van der Waals surface area (Å²) in [5, 5.41) is 0. The first-order valence-electron chi connectivity index (χ1n) is 8.57. The summed E-state index contributed by atoms with van der Waals surface area (Å²) >= 11 is 0. The molecule has 2 aromatic rings. The molecule has 2 aliphatic heterocycles. The summed E-state index contributed by atoms with van der Waals surface area (Å²) in [6, 6.07) is 6.54. The fourth-order valence-electron chi connectivity index (χ4n) is 3.83. The van der Waals surface area contributed by atoms with E-state index in [9.17, 15) is 4.79 Å². The Morgan fingerprint density at radius 2 is 2.12 bits per heavy atom. The summed E-state index contributed by atoms with van der Waals surface area (Å²) in [5.41, 5.74) is 2.97. The molecule has 0 N–H and O–H groups in total. The first-order chi connectivity index (χ1) is 11.4. The smallest absolute Gasteiger partial charge is 0.411 e. The molecule has 0 aromatic carbocycles. The highest BCUT2D eigenvalue weighted by atomic mass is 16.6. The van der Waals surface area contributed by atoms with Crippen molar-refractivity contribution in [3.8, 4) is 0 Å². The summed E-state index contributed by atoms with van der Waals surface area (Å²) in [6.45, 7) is 5.74. The minimum atomic E-state index is -0.455. The molecule has 4 heterocycles. The molecule has 2 bridgehead atoms. The molecule has 4 rings (SSSR count). The van der Waals surface area contributed by atoms with Gasteiger partial charge >= 0.3 is 6.09 Å². The second-order valence-corrected chi connectivity index (χ2v) is 7.65. The predicted molar refractivity (Wildman–Crippen MR) is 92.7 cm³/mol. The van der Waals surface area contributed by atoms with Crippen molar-refractivity contribution in [2.45, 2.75) is 57.7 Å². The van der Waals surface area contributed by atoms with Crippen LogP contribution in [0.4, 0.5) is 4.79 Å². The molecule has 0 spiro atoms. The molecule has 2 aromatic heterocycles. The Labute approximate surface area is 141 Å². The van der Waals surface area contributed by atoms with Gasteiger partial charge in [0, 0.05) is 18.4 Å². The van der Waals surface area contributed by atoms with Gasteiger partial charge in [-0.3, -0.25) is 4.90 Å². The van der Waals surface area contributed by atoms with Crippen molar-refractivity contribution in [3.05, 3.63) is 42.4 Å². The lowest BCUT2D eigenvalue weighted by Gasteiger charge is -2.35. The lowest BCUT2D eigenvalue weighted by molar-refractivity contribution is 0.0175. The van der Waals surface area contributed by atoms with Crippen LogP contribution in [0.15, 0.2) is 36.7 Å². The molecule has 126 valence electrons. The van der Waals surface area contributed by atoms with E-state index in [1.165, 1.54) is 11.3 Å². The van der Waals surface area contributed by atoms with Gasteiger partial charge in [-0.2, -0.15) is 0 Å². The number of fused-ring (bicyclic) bond motifs is 3. The zero-order valence-electron chi connectivity index (χ0n) is 14.4. The van der Waals surface area contributed by atoms with Gasteiger partial charge in [0.15, 0.2) is 0 Å². The van der Waals surface area contributed by atoms with Crippen LogP contribution in [0.5, 0.6) is 0 Å². The second-order valence-electron chi connectivity index (χ2n) is 7.65. The molecule has 1 fully saturated rings. The van der Waals surface area contributed by atoms with Gasteiger partial charge in [0.1, 0.15) is 11.2 Å². The van der Waals surface area contributed by atoms with Gasteiger partial charge < -0.3 is 9.14 Å². The van der Waals surface area contributed by atoms with Gasteiger partial charge in [0.05, 0.1) is 11.7 Å². The van der Waals surface area contributed by atoms with E-state index in [4.69, 9.17) is 4.74 Å². The number of rotatable bonds is 1. The lowest BCUT2D eigenvalue weighted by Crippen LogP contribution is -2.45. The maximum atomic E-state index is 12.5. The summed E-state index contributed by atoms with van der Waals surface area (Å²) in [6.07, 6.45) is 8.77.